The molecule has 2 heterocycles. The van der Waals surface area contributed by atoms with E-state index in [0.717, 1.165) is 11.1 Å². The van der Waals surface area contributed by atoms with Gasteiger partial charge < -0.3 is 34.1 Å². The van der Waals surface area contributed by atoms with Gasteiger partial charge in [-0.1, -0.05) is 60.7 Å². The molecule has 1 amide bonds. The second kappa shape index (κ2) is 11.1. The molecule has 9 nitrogen and oxygen atoms in total. The van der Waals surface area contributed by atoms with Crippen LogP contribution >= 0.6 is 0 Å². The molecule has 2 aliphatic heterocycles. The van der Waals surface area contributed by atoms with Gasteiger partial charge in [-0.2, -0.15) is 0 Å². The second-order valence-corrected chi connectivity index (χ2v) is 8.32. The minimum Gasteiger partial charge on any atom is -0.479 e. The SMILES string of the molecule is CC(=O)N[C@H]1C(OCc2ccccc2)O[C@@H]2COC(c3ccccc3)O[C@H]2[C@@H]1O[C@H](C)C(=O)O. The van der Waals surface area contributed by atoms with Crippen LogP contribution in [0.2, 0.25) is 0 Å². The number of carbonyl (C=O) groups is 2. The highest BCUT2D eigenvalue weighted by Crippen LogP contribution is 2.36. The first-order valence-electron chi connectivity index (χ1n) is 11.2. The summed E-state index contributed by atoms with van der Waals surface area (Å²) in [5.74, 6) is -1.46. The van der Waals surface area contributed by atoms with Crippen molar-refractivity contribution in [3.8, 4) is 0 Å². The molecule has 0 spiro atoms. The summed E-state index contributed by atoms with van der Waals surface area (Å²) in [5, 5.41) is 12.3. The van der Waals surface area contributed by atoms with Crippen LogP contribution in [0, 0.1) is 0 Å². The fraction of sp³-hybridized carbons (Fsp3) is 0.440. The highest BCUT2D eigenvalue weighted by atomic mass is 16.8. The van der Waals surface area contributed by atoms with Crippen LogP contribution < -0.4 is 5.32 Å². The van der Waals surface area contributed by atoms with Crippen LogP contribution in [0.1, 0.15) is 31.3 Å². The van der Waals surface area contributed by atoms with E-state index in [1.54, 1.807) is 0 Å². The Labute approximate surface area is 197 Å². The Hall–Kier alpha value is -2.82. The molecule has 2 fully saturated rings. The van der Waals surface area contributed by atoms with Crippen molar-refractivity contribution in [2.45, 2.75) is 63.5 Å². The average molecular weight is 472 g/mol. The van der Waals surface area contributed by atoms with Gasteiger partial charge in [-0.05, 0) is 12.5 Å². The predicted octanol–water partition coefficient (Wildman–Crippen LogP) is 2.41. The van der Waals surface area contributed by atoms with Gasteiger partial charge in [-0.25, -0.2) is 4.79 Å². The van der Waals surface area contributed by atoms with Crippen LogP contribution in [0.25, 0.3) is 0 Å². The summed E-state index contributed by atoms with van der Waals surface area (Å²) in [6, 6.07) is 18.1. The van der Waals surface area contributed by atoms with Gasteiger partial charge in [0.2, 0.25) is 5.91 Å². The Bertz CT molecular complexity index is 956. The lowest BCUT2D eigenvalue weighted by molar-refractivity contribution is -0.351. The molecule has 2 aromatic carbocycles. The Balaban J connectivity index is 1.59. The number of ether oxygens (including phenoxy) is 5. The van der Waals surface area contributed by atoms with Crippen LogP contribution in [0.15, 0.2) is 60.7 Å². The Morgan fingerprint density at radius 2 is 1.76 bits per heavy atom. The van der Waals surface area contributed by atoms with E-state index in [2.05, 4.69) is 5.32 Å². The number of aliphatic carboxylic acids is 1. The van der Waals surface area contributed by atoms with Gasteiger partial charge in [0.15, 0.2) is 18.7 Å². The molecule has 4 rings (SSSR count). The number of nitrogens with one attached hydrogen (secondary N) is 1. The average Bonchev–Trinajstić information content (AvgIpc) is 2.84. The molecule has 34 heavy (non-hydrogen) atoms. The molecule has 2 unspecified atom stereocenters. The zero-order chi connectivity index (χ0) is 24.1. The molecule has 0 saturated carbocycles. The predicted molar refractivity (Wildman–Crippen MR) is 119 cm³/mol. The minimum atomic E-state index is -1.14. The Kier molecular flexibility index (Phi) is 7.91. The first-order chi connectivity index (χ1) is 16.4. The smallest absolute Gasteiger partial charge is 0.332 e. The molecule has 9 heteroatoms. The number of hydrogen-bond acceptors (Lipinski definition) is 7. The van der Waals surface area contributed by atoms with Crippen molar-refractivity contribution in [1.82, 2.24) is 5.32 Å². The van der Waals surface area contributed by atoms with E-state index in [1.807, 2.05) is 60.7 Å². The van der Waals surface area contributed by atoms with Crippen LogP contribution in [0.4, 0.5) is 0 Å². The molecule has 2 saturated heterocycles. The van der Waals surface area contributed by atoms with E-state index in [-0.39, 0.29) is 19.1 Å². The topological polar surface area (TPSA) is 113 Å². The molecule has 2 N–H and O–H groups in total. The molecule has 0 radical (unpaired) electrons. The standard InChI is InChI=1S/C25H29NO8/c1-15(23(28)29)32-22-20(26-16(2)27)25(30-13-17-9-5-3-6-10-17)33-19-14-31-24(34-21(19)22)18-11-7-4-8-12-18/h3-12,15,19-22,24-25H,13-14H2,1-2H3,(H,26,27)(H,28,29)/t15-,19-,20-,21-,22-,24?,25?/m1/s1. The lowest BCUT2D eigenvalue weighted by Crippen LogP contribution is -2.67. The second-order valence-electron chi connectivity index (χ2n) is 8.32. The van der Waals surface area contributed by atoms with Crippen LogP contribution in [0.3, 0.4) is 0 Å². The number of carboxylic acids is 1. The molecule has 0 aromatic heterocycles. The maximum absolute atomic E-state index is 12.1. The van der Waals surface area contributed by atoms with Crippen molar-refractivity contribution in [3.05, 3.63) is 71.8 Å². The van der Waals surface area contributed by atoms with Gasteiger partial charge in [0.1, 0.15) is 24.4 Å². The molecular weight excluding hydrogens is 442 g/mol. The van der Waals surface area contributed by atoms with E-state index in [0.29, 0.717) is 0 Å². The third kappa shape index (κ3) is 5.81. The number of hydrogen-bond donors (Lipinski definition) is 2. The first-order valence-corrected chi connectivity index (χ1v) is 11.2. The molecule has 182 valence electrons. The van der Waals surface area contributed by atoms with E-state index in [4.69, 9.17) is 23.7 Å². The van der Waals surface area contributed by atoms with Crippen molar-refractivity contribution in [1.29, 1.82) is 0 Å². The fourth-order valence-electron chi connectivity index (χ4n) is 4.09. The van der Waals surface area contributed by atoms with Crippen molar-refractivity contribution < 1.29 is 38.4 Å². The number of fused-ring (bicyclic) bond motifs is 1. The number of carboxylic acid groups (broad SMARTS) is 1. The van der Waals surface area contributed by atoms with Gasteiger partial charge in [-0.3, -0.25) is 4.79 Å². The Morgan fingerprint density at radius 1 is 1.09 bits per heavy atom. The summed E-state index contributed by atoms with van der Waals surface area (Å²) in [5.41, 5.74) is 1.73. The van der Waals surface area contributed by atoms with E-state index in [1.165, 1.54) is 13.8 Å². The van der Waals surface area contributed by atoms with Crippen LogP contribution in [0.5, 0.6) is 0 Å². The lowest BCUT2D eigenvalue weighted by Gasteiger charge is -2.49. The molecule has 2 aliphatic rings. The zero-order valence-electron chi connectivity index (χ0n) is 19.0. The third-order valence-electron chi connectivity index (χ3n) is 5.75. The number of rotatable bonds is 8. The van der Waals surface area contributed by atoms with E-state index >= 15 is 0 Å². The lowest BCUT2D eigenvalue weighted by atomic mass is 9.95. The zero-order valence-corrected chi connectivity index (χ0v) is 19.0. The van der Waals surface area contributed by atoms with Crippen molar-refractivity contribution in [3.63, 3.8) is 0 Å². The molecule has 7 atom stereocenters. The van der Waals surface area contributed by atoms with E-state index < -0.39 is 49.0 Å². The van der Waals surface area contributed by atoms with E-state index in [9.17, 15) is 14.7 Å². The minimum absolute atomic E-state index is 0.184. The summed E-state index contributed by atoms with van der Waals surface area (Å²) in [4.78, 5) is 23.7. The largest absolute Gasteiger partial charge is 0.479 e. The van der Waals surface area contributed by atoms with Gasteiger partial charge >= 0.3 is 5.97 Å². The highest BCUT2D eigenvalue weighted by molar-refractivity contribution is 5.73. The maximum Gasteiger partial charge on any atom is 0.332 e. The molecule has 0 bridgehead atoms. The van der Waals surface area contributed by atoms with Gasteiger partial charge in [0, 0.05) is 12.5 Å². The number of amides is 1. The van der Waals surface area contributed by atoms with Crippen LogP contribution in [-0.4, -0.2) is 60.3 Å². The molecule has 2 aromatic rings. The quantitative estimate of drug-likeness (QED) is 0.604. The summed E-state index contributed by atoms with van der Waals surface area (Å²) in [7, 11) is 0. The first kappa shape index (κ1) is 24.3. The Morgan fingerprint density at radius 3 is 2.41 bits per heavy atom. The van der Waals surface area contributed by atoms with Crippen molar-refractivity contribution in [2.75, 3.05) is 6.61 Å². The van der Waals surface area contributed by atoms with Crippen LogP contribution in [-0.2, 0) is 39.9 Å². The summed E-state index contributed by atoms with van der Waals surface area (Å²) in [6.07, 6.45) is -4.87. The summed E-state index contributed by atoms with van der Waals surface area (Å²) >= 11 is 0. The summed E-state index contributed by atoms with van der Waals surface area (Å²) < 4.78 is 30.3. The van der Waals surface area contributed by atoms with Gasteiger partial charge in [-0.15, -0.1) is 0 Å². The highest BCUT2D eigenvalue weighted by Gasteiger charge is 2.52. The van der Waals surface area contributed by atoms with Crippen molar-refractivity contribution >= 4 is 11.9 Å². The monoisotopic (exact) mass is 471 g/mol. The van der Waals surface area contributed by atoms with Crippen molar-refractivity contribution in [2.24, 2.45) is 0 Å². The van der Waals surface area contributed by atoms with Gasteiger partial charge in [0.05, 0.1) is 13.2 Å². The summed E-state index contributed by atoms with van der Waals surface area (Å²) in [6.45, 7) is 3.22. The number of carbonyl (C=O) groups excluding carboxylic acids is 1. The third-order valence-corrected chi connectivity index (χ3v) is 5.75. The number of benzene rings is 2. The fourth-order valence-corrected chi connectivity index (χ4v) is 4.09. The molecular formula is C25H29NO8. The van der Waals surface area contributed by atoms with Gasteiger partial charge in [0.25, 0.3) is 0 Å². The normalized spacial score (nSPS) is 29.6. The maximum atomic E-state index is 12.1. The molecule has 0 aliphatic carbocycles.